The Morgan fingerprint density at radius 2 is 1.88 bits per heavy atom. The normalized spacial score (nSPS) is 13.2. The molecular formula is C13H16N2O2. The van der Waals surface area contributed by atoms with Gasteiger partial charge < -0.3 is 10.8 Å². The van der Waals surface area contributed by atoms with Gasteiger partial charge >= 0.3 is 0 Å². The van der Waals surface area contributed by atoms with Crippen molar-refractivity contribution in [3.63, 3.8) is 0 Å². The van der Waals surface area contributed by atoms with Crippen LogP contribution in [0.15, 0.2) is 46.7 Å². The third-order valence-electron chi connectivity index (χ3n) is 2.24. The minimum Gasteiger partial charge on any atom is -0.512 e. The predicted molar refractivity (Wildman–Crippen MR) is 67.8 cm³/mol. The van der Waals surface area contributed by atoms with E-state index in [9.17, 15) is 9.90 Å². The summed E-state index contributed by atoms with van der Waals surface area (Å²) in [5.74, 6) is -0.326. The van der Waals surface area contributed by atoms with Gasteiger partial charge in [-0.05, 0) is 19.4 Å². The van der Waals surface area contributed by atoms with Gasteiger partial charge in [-0.15, -0.1) is 0 Å². The first-order chi connectivity index (χ1) is 8.02. The van der Waals surface area contributed by atoms with Gasteiger partial charge in [-0.2, -0.15) is 0 Å². The van der Waals surface area contributed by atoms with Crippen LogP contribution in [0.3, 0.4) is 0 Å². The van der Waals surface area contributed by atoms with Crippen LogP contribution in [0.5, 0.6) is 0 Å². The Labute approximate surface area is 100 Å². The summed E-state index contributed by atoms with van der Waals surface area (Å²) in [5.41, 5.74) is 6.76. The average Bonchev–Trinajstić information content (AvgIpc) is 2.27. The second-order valence-corrected chi connectivity index (χ2v) is 3.70. The number of carbonyl (C=O) groups excluding carboxylic acids is 1. The van der Waals surface area contributed by atoms with Gasteiger partial charge in [0.25, 0.3) is 0 Å². The molecule has 4 heteroatoms. The third-order valence-corrected chi connectivity index (χ3v) is 2.24. The monoisotopic (exact) mass is 232 g/mol. The molecule has 0 radical (unpaired) electrons. The smallest absolute Gasteiger partial charge is 0.166 e. The molecule has 1 rings (SSSR count). The zero-order valence-electron chi connectivity index (χ0n) is 9.97. The van der Waals surface area contributed by atoms with Gasteiger partial charge in [0, 0.05) is 0 Å². The van der Waals surface area contributed by atoms with E-state index >= 15 is 0 Å². The number of carbonyl (C=O) groups is 1. The molecule has 0 aliphatic rings. The van der Waals surface area contributed by atoms with Crippen molar-refractivity contribution >= 4 is 11.6 Å². The highest BCUT2D eigenvalue weighted by Crippen LogP contribution is 2.05. The minimum absolute atomic E-state index is 0.0707. The number of amidine groups is 1. The largest absolute Gasteiger partial charge is 0.512 e. The third kappa shape index (κ3) is 3.75. The van der Waals surface area contributed by atoms with Crippen molar-refractivity contribution in [2.24, 2.45) is 10.7 Å². The fourth-order valence-corrected chi connectivity index (χ4v) is 1.46. The number of benzene rings is 1. The number of aliphatic hydroxyl groups is 1. The molecule has 0 aromatic heterocycles. The van der Waals surface area contributed by atoms with Crippen molar-refractivity contribution in [1.29, 1.82) is 0 Å². The number of nitrogens with zero attached hydrogens (tertiary/aromatic N) is 1. The molecule has 0 bridgehead atoms. The summed E-state index contributed by atoms with van der Waals surface area (Å²) in [7, 11) is 0. The lowest BCUT2D eigenvalue weighted by Crippen LogP contribution is -2.21. The van der Waals surface area contributed by atoms with Crippen LogP contribution in [0.25, 0.3) is 0 Å². The average molecular weight is 232 g/mol. The van der Waals surface area contributed by atoms with Gasteiger partial charge in [-0.25, -0.2) is 0 Å². The van der Waals surface area contributed by atoms with Gasteiger partial charge in [0.05, 0.1) is 12.1 Å². The molecule has 0 heterocycles. The number of aliphatic hydroxyl groups excluding tert-OH is 1. The summed E-state index contributed by atoms with van der Waals surface area (Å²) in [6.07, 6.45) is 0. The van der Waals surface area contributed by atoms with Crippen LogP contribution in [-0.4, -0.2) is 16.7 Å². The SMILES string of the molecule is CC(=O)/C(C(N)=NCc1ccccc1)=C(\C)O. The van der Waals surface area contributed by atoms with Gasteiger partial charge in [-0.3, -0.25) is 9.79 Å². The number of nitrogens with two attached hydrogens (primary N) is 1. The van der Waals surface area contributed by atoms with Crippen molar-refractivity contribution < 1.29 is 9.90 Å². The predicted octanol–water partition coefficient (Wildman–Crippen LogP) is 1.96. The lowest BCUT2D eigenvalue weighted by atomic mass is 10.1. The van der Waals surface area contributed by atoms with Crippen molar-refractivity contribution in [2.75, 3.05) is 0 Å². The zero-order chi connectivity index (χ0) is 12.8. The molecule has 0 atom stereocenters. The van der Waals surface area contributed by atoms with E-state index in [1.54, 1.807) is 0 Å². The van der Waals surface area contributed by atoms with Gasteiger partial charge in [-0.1, -0.05) is 30.3 Å². The summed E-state index contributed by atoms with van der Waals surface area (Å²) in [4.78, 5) is 15.4. The van der Waals surface area contributed by atoms with Crippen LogP contribution >= 0.6 is 0 Å². The van der Waals surface area contributed by atoms with E-state index in [1.165, 1.54) is 13.8 Å². The van der Waals surface area contributed by atoms with E-state index in [1.807, 2.05) is 30.3 Å². The molecule has 0 fully saturated rings. The Morgan fingerprint density at radius 1 is 1.29 bits per heavy atom. The number of allylic oxidation sites excluding steroid dienone is 1. The Bertz CT molecular complexity index is 458. The Morgan fingerprint density at radius 3 is 2.35 bits per heavy atom. The molecule has 0 amide bonds. The maximum Gasteiger partial charge on any atom is 0.166 e. The van der Waals surface area contributed by atoms with E-state index in [0.29, 0.717) is 6.54 Å². The summed E-state index contributed by atoms with van der Waals surface area (Å²) in [5, 5.41) is 9.35. The molecule has 1 aromatic rings. The molecule has 4 nitrogen and oxygen atoms in total. The fourth-order valence-electron chi connectivity index (χ4n) is 1.46. The van der Waals surface area contributed by atoms with Crippen molar-refractivity contribution in [3.05, 3.63) is 47.2 Å². The molecule has 0 unspecified atom stereocenters. The highest BCUT2D eigenvalue weighted by Gasteiger charge is 2.12. The highest BCUT2D eigenvalue weighted by atomic mass is 16.3. The first kappa shape index (κ1) is 13.0. The van der Waals surface area contributed by atoms with Crippen molar-refractivity contribution in [3.8, 4) is 0 Å². The topological polar surface area (TPSA) is 75.7 Å². The van der Waals surface area contributed by atoms with Gasteiger partial charge in [0.2, 0.25) is 0 Å². The van der Waals surface area contributed by atoms with Crippen molar-refractivity contribution in [2.45, 2.75) is 20.4 Å². The molecule has 3 N–H and O–H groups in total. The Balaban J connectivity index is 2.87. The molecule has 0 spiro atoms. The number of aliphatic imine (C=N–C) groups is 1. The summed E-state index contributed by atoms with van der Waals surface area (Å²) in [6, 6.07) is 9.55. The molecule has 0 aliphatic heterocycles. The molecule has 0 aliphatic carbocycles. The molecule has 0 saturated carbocycles. The molecule has 90 valence electrons. The Kier molecular flexibility index (Phi) is 4.46. The first-order valence-electron chi connectivity index (χ1n) is 5.27. The van der Waals surface area contributed by atoms with E-state index in [4.69, 9.17) is 5.73 Å². The number of rotatable bonds is 4. The molecule has 0 saturated heterocycles. The molecule has 1 aromatic carbocycles. The Hall–Kier alpha value is -2.10. The van der Waals surface area contributed by atoms with E-state index in [0.717, 1.165) is 5.56 Å². The van der Waals surface area contributed by atoms with Crippen LogP contribution in [0.4, 0.5) is 0 Å². The van der Waals surface area contributed by atoms with Crippen LogP contribution in [0.2, 0.25) is 0 Å². The maximum atomic E-state index is 11.3. The lowest BCUT2D eigenvalue weighted by molar-refractivity contribution is -0.113. The van der Waals surface area contributed by atoms with Crippen LogP contribution in [0.1, 0.15) is 19.4 Å². The van der Waals surface area contributed by atoms with Crippen LogP contribution in [0, 0.1) is 0 Å². The quantitative estimate of drug-likeness (QED) is 0.360. The fraction of sp³-hybridized carbons (Fsp3) is 0.231. The number of ketones is 1. The zero-order valence-corrected chi connectivity index (χ0v) is 9.97. The van der Waals surface area contributed by atoms with Crippen LogP contribution < -0.4 is 5.73 Å². The summed E-state index contributed by atoms with van der Waals surface area (Å²) in [6.45, 7) is 3.15. The maximum absolute atomic E-state index is 11.3. The van der Waals surface area contributed by atoms with E-state index in [-0.39, 0.29) is 23.0 Å². The number of hydrogen-bond donors (Lipinski definition) is 2. The van der Waals surface area contributed by atoms with Gasteiger partial charge in [0.1, 0.15) is 11.6 Å². The van der Waals surface area contributed by atoms with E-state index in [2.05, 4.69) is 4.99 Å². The number of Topliss-reactive ketones (excluding diaryl/α,β-unsaturated/α-hetero) is 1. The van der Waals surface area contributed by atoms with Crippen molar-refractivity contribution in [1.82, 2.24) is 0 Å². The molecule has 17 heavy (non-hydrogen) atoms. The van der Waals surface area contributed by atoms with Crippen LogP contribution in [-0.2, 0) is 11.3 Å². The highest BCUT2D eigenvalue weighted by molar-refractivity contribution is 6.20. The lowest BCUT2D eigenvalue weighted by Gasteiger charge is -2.04. The van der Waals surface area contributed by atoms with Gasteiger partial charge in [0.15, 0.2) is 5.78 Å². The number of hydrogen-bond acceptors (Lipinski definition) is 3. The molecular weight excluding hydrogens is 216 g/mol. The van der Waals surface area contributed by atoms with E-state index < -0.39 is 0 Å². The minimum atomic E-state index is -0.292. The second-order valence-electron chi connectivity index (χ2n) is 3.70. The summed E-state index contributed by atoms with van der Waals surface area (Å²) < 4.78 is 0. The summed E-state index contributed by atoms with van der Waals surface area (Å²) >= 11 is 0. The first-order valence-corrected chi connectivity index (χ1v) is 5.27. The standard InChI is InChI=1S/C13H16N2O2/c1-9(16)12(10(2)17)13(14)15-8-11-6-4-3-5-7-11/h3-7,16H,8H2,1-2H3,(H2,14,15)/b12-9-. The second kappa shape index (κ2) is 5.84.